The van der Waals surface area contributed by atoms with Crippen LogP contribution in [0.2, 0.25) is 0 Å². The summed E-state index contributed by atoms with van der Waals surface area (Å²) in [4.78, 5) is 23.3. The lowest BCUT2D eigenvalue weighted by atomic mass is 9.95. The third-order valence-electron chi connectivity index (χ3n) is 5.43. The zero-order valence-corrected chi connectivity index (χ0v) is 19.0. The molecule has 0 aliphatic heterocycles. The van der Waals surface area contributed by atoms with Gasteiger partial charge in [-0.2, -0.15) is 9.41 Å². The van der Waals surface area contributed by atoms with Crippen molar-refractivity contribution in [3.8, 4) is 5.75 Å². The molecule has 10 nitrogen and oxygen atoms in total. The van der Waals surface area contributed by atoms with Gasteiger partial charge in [0, 0.05) is 17.7 Å². The molecule has 1 amide bonds. The van der Waals surface area contributed by atoms with E-state index in [-0.39, 0.29) is 28.9 Å². The number of carbonyl (C=O) groups excluding carboxylic acids is 1. The minimum Gasteiger partial charge on any atom is -0.490 e. The number of carbonyl (C=O) groups is 1. The Labute approximate surface area is 192 Å². The molecule has 1 aliphatic rings. The number of hydrogen-bond donors (Lipinski definition) is 1. The first-order valence-corrected chi connectivity index (χ1v) is 12.0. The van der Waals surface area contributed by atoms with Crippen LogP contribution in [0.25, 0.3) is 0 Å². The Morgan fingerprint density at radius 1 is 1.21 bits per heavy atom. The first kappa shape index (κ1) is 24.3. The molecule has 0 aromatic heterocycles. The van der Waals surface area contributed by atoms with E-state index in [2.05, 4.69) is 10.5 Å². The van der Waals surface area contributed by atoms with Crippen LogP contribution in [0.4, 0.5) is 5.69 Å². The number of nitro benzene ring substituents is 1. The molecule has 1 aliphatic carbocycles. The summed E-state index contributed by atoms with van der Waals surface area (Å²) in [6.07, 6.45) is 5.49. The molecule has 2 aromatic carbocycles. The van der Waals surface area contributed by atoms with Gasteiger partial charge in [0.15, 0.2) is 5.75 Å². The van der Waals surface area contributed by atoms with Crippen LogP contribution >= 0.6 is 0 Å². The lowest BCUT2D eigenvalue weighted by molar-refractivity contribution is -0.385. The summed E-state index contributed by atoms with van der Waals surface area (Å²) < 4.78 is 32.7. The number of hydrogen-bond acceptors (Lipinski definition) is 7. The number of hydrazone groups is 1. The Hall–Kier alpha value is -3.31. The molecule has 0 saturated heterocycles. The average molecular weight is 475 g/mol. The fourth-order valence-corrected chi connectivity index (χ4v) is 5.46. The van der Waals surface area contributed by atoms with Crippen LogP contribution in [0.3, 0.4) is 0 Å². The zero-order chi connectivity index (χ0) is 23.8. The normalized spacial score (nSPS) is 15.0. The number of sulfonamides is 1. The number of ether oxygens (including phenoxy) is 1. The predicted octanol–water partition coefficient (Wildman–Crippen LogP) is 3.08. The van der Waals surface area contributed by atoms with E-state index in [0.717, 1.165) is 19.3 Å². The molecule has 0 unspecified atom stereocenters. The minimum absolute atomic E-state index is 0.107. The number of nitrogens with zero attached hydrogens (tertiary/aromatic N) is 3. The second-order valence-electron chi connectivity index (χ2n) is 7.64. The molecule has 1 fully saturated rings. The average Bonchev–Trinajstić information content (AvgIpc) is 2.83. The van der Waals surface area contributed by atoms with E-state index in [4.69, 9.17) is 4.74 Å². The molecular weight excluding hydrogens is 448 g/mol. The van der Waals surface area contributed by atoms with Crippen molar-refractivity contribution in [1.82, 2.24) is 9.73 Å². The van der Waals surface area contributed by atoms with Crippen LogP contribution in [0.5, 0.6) is 5.75 Å². The quantitative estimate of drug-likeness (QED) is 0.338. The summed E-state index contributed by atoms with van der Waals surface area (Å²) in [7, 11) is -2.53. The SMILES string of the molecule is COc1ccc(/C=N/NC(=O)CN(C2CCCCC2)S(=O)(=O)c2ccccc2)cc1[N+](=O)[O-]. The summed E-state index contributed by atoms with van der Waals surface area (Å²) in [5.74, 6) is -0.491. The monoisotopic (exact) mass is 474 g/mol. The van der Waals surface area contributed by atoms with Crippen LogP contribution in [0, 0.1) is 10.1 Å². The van der Waals surface area contributed by atoms with Crippen molar-refractivity contribution >= 4 is 27.8 Å². The fourth-order valence-electron chi connectivity index (χ4n) is 3.79. The summed E-state index contributed by atoms with van der Waals surface area (Å²) in [5, 5.41) is 15.0. The van der Waals surface area contributed by atoms with Crippen LogP contribution in [-0.2, 0) is 14.8 Å². The van der Waals surface area contributed by atoms with Crippen molar-refractivity contribution in [3.05, 3.63) is 64.2 Å². The van der Waals surface area contributed by atoms with Gasteiger partial charge in [0.05, 0.1) is 29.7 Å². The summed E-state index contributed by atoms with van der Waals surface area (Å²) >= 11 is 0. The number of benzene rings is 2. The van der Waals surface area contributed by atoms with Crippen LogP contribution in [0.15, 0.2) is 58.5 Å². The van der Waals surface area contributed by atoms with Crippen LogP contribution < -0.4 is 10.2 Å². The van der Waals surface area contributed by atoms with Gasteiger partial charge in [-0.3, -0.25) is 14.9 Å². The number of rotatable bonds is 9. The van der Waals surface area contributed by atoms with Crippen molar-refractivity contribution in [2.45, 2.75) is 43.0 Å². The van der Waals surface area contributed by atoms with Gasteiger partial charge in [0.1, 0.15) is 0 Å². The molecular formula is C22H26N4O6S. The van der Waals surface area contributed by atoms with Gasteiger partial charge in [0.25, 0.3) is 5.91 Å². The molecule has 3 rings (SSSR count). The molecule has 11 heteroatoms. The number of amides is 1. The second kappa shape index (κ2) is 11.0. The second-order valence-corrected chi connectivity index (χ2v) is 9.53. The van der Waals surface area contributed by atoms with Crippen LogP contribution in [-0.4, -0.2) is 49.5 Å². The van der Waals surface area contributed by atoms with Crippen molar-refractivity contribution < 1.29 is 22.9 Å². The van der Waals surface area contributed by atoms with Crippen molar-refractivity contribution in [1.29, 1.82) is 0 Å². The van der Waals surface area contributed by atoms with E-state index < -0.39 is 20.9 Å². The van der Waals surface area contributed by atoms with Gasteiger partial charge in [-0.15, -0.1) is 0 Å². The van der Waals surface area contributed by atoms with Gasteiger partial charge in [-0.25, -0.2) is 13.8 Å². The molecule has 0 spiro atoms. The van der Waals surface area contributed by atoms with Gasteiger partial charge in [0.2, 0.25) is 10.0 Å². The highest BCUT2D eigenvalue weighted by molar-refractivity contribution is 7.89. The molecule has 176 valence electrons. The summed E-state index contributed by atoms with van der Waals surface area (Å²) in [5.41, 5.74) is 2.47. The van der Waals surface area contributed by atoms with E-state index in [9.17, 15) is 23.3 Å². The number of nitrogens with one attached hydrogen (secondary N) is 1. The molecule has 1 saturated carbocycles. The Kier molecular flexibility index (Phi) is 8.12. The van der Waals surface area contributed by atoms with Crippen molar-refractivity contribution in [3.63, 3.8) is 0 Å². The van der Waals surface area contributed by atoms with Gasteiger partial charge in [-0.05, 0) is 37.1 Å². The summed E-state index contributed by atoms with van der Waals surface area (Å²) in [6.45, 7) is -0.373. The molecule has 33 heavy (non-hydrogen) atoms. The van der Waals surface area contributed by atoms with E-state index in [0.29, 0.717) is 18.4 Å². The molecule has 0 bridgehead atoms. The van der Waals surface area contributed by atoms with Crippen molar-refractivity contribution in [2.75, 3.05) is 13.7 Å². The maximum Gasteiger partial charge on any atom is 0.311 e. The van der Waals surface area contributed by atoms with Gasteiger partial charge < -0.3 is 4.74 Å². The molecule has 0 radical (unpaired) electrons. The maximum absolute atomic E-state index is 13.3. The van der Waals surface area contributed by atoms with E-state index >= 15 is 0 Å². The molecule has 0 atom stereocenters. The maximum atomic E-state index is 13.3. The first-order valence-electron chi connectivity index (χ1n) is 10.5. The fraction of sp³-hybridized carbons (Fsp3) is 0.364. The summed E-state index contributed by atoms with van der Waals surface area (Å²) in [6, 6.07) is 12.0. The molecule has 1 N–H and O–H groups in total. The highest BCUT2D eigenvalue weighted by Crippen LogP contribution is 2.28. The zero-order valence-electron chi connectivity index (χ0n) is 18.2. The highest BCUT2D eigenvalue weighted by atomic mass is 32.2. The Bertz CT molecular complexity index is 1110. The molecule has 0 heterocycles. The Morgan fingerprint density at radius 3 is 2.55 bits per heavy atom. The molecule has 2 aromatic rings. The lowest BCUT2D eigenvalue weighted by Crippen LogP contribution is -2.46. The smallest absolute Gasteiger partial charge is 0.311 e. The first-order chi connectivity index (χ1) is 15.8. The number of nitro groups is 1. The predicted molar refractivity (Wildman–Crippen MR) is 123 cm³/mol. The van der Waals surface area contributed by atoms with Crippen LogP contribution in [0.1, 0.15) is 37.7 Å². The highest BCUT2D eigenvalue weighted by Gasteiger charge is 2.33. The number of methoxy groups -OCH3 is 1. The third-order valence-corrected chi connectivity index (χ3v) is 7.35. The largest absolute Gasteiger partial charge is 0.490 e. The standard InChI is InChI=1S/C22H26N4O6S/c1-32-21-13-12-17(14-20(21)26(28)29)15-23-24-22(27)16-25(18-8-4-2-5-9-18)33(30,31)19-10-6-3-7-11-19/h3,6-7,10-15,18H,2,4-5,8-9,16H2,1H3,(H,24,27)/b23-15+. The van der Waals surface area contributed by atoms with E-state index in [1.807, 2.05) is 0 Å². The third kappa shape index (κ3) is 6.14. The lowest BCUT2D eigenvalue weighted by Gasteiger charge is -2.32. The van der Waals surface area contributed by atoms with E-state index in [1.54, 1.807) is 24.3 Å². The Morgan fingerprint density at radius 2 is 1.91 bits per heavy atom. The van der Waals surface area contributed by atoms with Gasteiger partial charge in [-0.1, -0.05) is 37.5 Å². The van der Waals surface area contributed by atoms with E-state index in [1.165, 1.54) is 41.9 Å². The van der Waals surface area contributed by atoms with Gasteiger partial charge >= 0.3 is 5.69 Å². The van der Waals surface area contributed by atoms with Crippen molar-refractivity contribution in [2.24, 2.45) is 5.10 Å². The topological polar surface area (TPSA) is 131 Å². The Balaban J connectivity index is 1.74. The minimum atomic E-state index is -3.86.